The maximum atomic E-state index is 12.2. The number of pyridine rings is 1. The second-order valence-electron chi connectivity index (χ2n) is 5.76. The first kappa shape index (κ1) is 12.6. The molecule has 2 atom stereocenters. The molecule has 0 N–H and O–H groups in total. The summed E-state index contributed by atoms with van der Waals surface area (Å²) in [6.07, 6.45) is 6.94. The molecule has 4 nitrogen and oxygen atoms in total. The van der Waals surface area contributed by atoms with E-state index in [1.54, 1.807) is 0 Å². The molecule has 3 rings (SSSR count). The second kappa shape index (κ2) is 4.93. The van der Waals surface area contributed by atoms with Crippen molar-refractivity contribution in [1.29, 1.82) is 0 Å². The Balaban J connectivity index is 1.73. The zero-order valence-corrected chi connectivity index (χ0v) is 11.3. The Morgan fingerprint density at radius 3 is 3.05 bits per heavy atom. The van der Waals surface area contributed by atoms with Gasteiger partial charge in [0.25, 0.3) is 0 Å². The van der Waals surface area contributed by atoms with Crippen LogP contribution in [0.15, 0.2) is 24.5 Å². The monoisotopic (exact) mass is 260 g/mol. The number of hydrogen-bond donors (Lipinski definition) is 0. The van der Waals surface area contributed by atoms with E-state index in [1.165, 1.54) is 12.7 Å². The molecule has 2 unspecified atom stereocenters. The minimum atomic E-state index is -0.234. The molecule has 1 aliphatic heterocycles. The lowest BCUT2D eigenvalue weighted by molar-refractivity contribution is -0.153. The fourth-order valence-corrected chi connectivity index (χ4v) is 3.80. The number of likely N-dealkylation sites (tertiary alicyclic amines) is 1. The van der Waals surface area contributed by atoms with Gasteiger partial charge in [0.1, 0.15) is 0 Å². The lowest BCUT2D eigenvalue weighted by Gasteiger charge is -2.25. The normalized spacial score (nSPS) is 30.3. The Morgan fingerprint density at radius 1 is 1.53 bits per heavy atom. The van der Waals surface area contributed by atoms with Crippen molar-refractivity contribution >= 4 is 5.97 Å². The summed E-state index contributed by atoms with van der Waals surface area (Å²) >= 11 is 0. The van der Waals surface area contributed by atoms with E-state index in [2.05, 4.69) is 9.88 Å². The summed E-state index contributed by atoms with van der Waals surface area (Å²) in [4.78, 5) is 18.6. The van der Waals surface area contributed by atoms with Crippen LogP contribution in [-0.4, -0.2) is 36.1 Å². The van der Waals surface area contributed by atoms with E-state index in [9.17, 15) is 4.79 Å². The van der Waals surface area contributed by atoms with E-state index in [0.717, 1.165) is 38.9 Å². The Morgan fingerprint density at radius 2 is 2.32 bits per heavy atom. The van der Waals surface area contributed by atoms with E-state index >= 15 is 0 Å². The summed E-state index contributed by atoms with van der Waals surface area (Å²) in [5.41, 5.74) is 1.02. The first-order valence-corrected chi connectivity index (χ1v) is 6.94. The fraction of sp³-hybridized carbons (Fsp3) is 0.600. The van der Waals surface area contributed by atoms with E-state index in [-0.39, 0.29) is 11.4 Å². The van der Waals surface area contributed by atoms with Crippen LogP contribution in [0.3, 0.4) is 0 Å². The summed E-state index contributed by atoms with van der Waals surface area (Å²) < 4.78 is 5.06. The van der Waals surface area contributed by atoms with E-state index < -0.39 is 0 Å². The lowest BCUT2D eigenvalue weighted by atomic mass is 9.81. The summed E-state index contributed by atoms with van der Waals surface area (Å²) in [7, 11) is 1.51. The highest BCUT2D eigenvalue weighted by atomic mass is 16.5. The topological polar surface area (TPSA) is 42.4 Å². The quantitative estimate of drug-likeness (QED) is 0.778. The van der Waals surface area contributed by atoms with Crippen molar-refractivity contribution in [3.05, 3.63) is 30.1 Å². The van der Waals surface area contributed by atoms with Gasteiger partial charge in [-0.25, -0.2) is 0 Å². The first-order chi connectivity index (χ1) is 9.24. The molecule has 4 heteroatoms. The first-order valence-electron chi connectivity index (χ1n) is 6.94. The zero-order valence-electron chi connectivity index (χ0n) is 11.3. The van der Waals surface area contributed by atoms with Gasteiger partial charge in [0.2, 0.25) is 0 Å². The number of carbonyl (C=O) groups is 1. The third-order valence-electron chi connectivity index (χ3n) is 4.69. The minimum absolute atomic E-state index is 0.00720. The molecular formula is C15H20N2O2. The molecule has 0 radical (unpaired) electrons. The maximum absolute atomic E-state index is 12.2. The number of ether oxygens (including phenoxy) is 1. The number of esters is 1. The summed E-state index contributed by atoms with van der Waals surface area (Å²) in [5, 5.41) is 0. The standard InChI is InChI=1S/C15H20N2O2/c1-19-14(18)15-6-2-3-13(15)10-17(11-15)9-12-4-7-16-8-5-12/h4-5,7-8,13H,2-3,6,9-11H2,1H3. The second-order valence-corrected chi connectivity index (χ2v) is 5.76. The molecule has 0 amide bonds. The Hall–Kier alpha value is -1.42. The van der Waals surface area contributed by atoms with Crippen LogP contribution in [0.4, 0.5) is 0 Å². The molecule has 1 saturated carbocycles. The van der Waals surface area contributed by atoms with Crippen molar-refractivity contribution in [2.45, 2.75) is 25.8 Å². The summed E-state index contributed by atoms with van der Waals surface area (Å²) in [6, 6.07) is 4.08. The number of rotatable bonds is 3. The van der Waals surface area contributed by atoms with Crippen LogP contribution in [0.2, 0.25) is 0 Å². The van der Waals surface area contributed by atoms with Crippen molar-refractivity contribution in [3.8, 4) is 0 Å². The van der Waals surface area contributed by atoms with Crippen LogP contribution < -0.4 is 0 Å². The largest absolute Gasteiger partial charge is 0.469 e. The lowest BCUT2D eigenvalue weighted by Crippen LogP contribution is -2.36. The fourth-order valence-electron chi connectivity index (χ4n) is 3.80. The predicted octanol–water partition coefficient (Wildman–Crippen LogP) is 1.86. The van der Waals surface area contributed by atoms with Gasteiger partial charge in [-0.1, -0.05) is 6.42 Å². The average Bonchev–Trinajstić information content (AvgIpc) is 2.96. The van der Waals surface area contributed by atoms with Crippen molar-refractivity contribution in [2.75, 3.05) is 20.2 Å². The molecule has 1 aliphatic carbocycles. The molecule has 2 aliphatic rings. The number of hydrogen-bond acceptors (Lipinski definition) is 4. The number of fused-ring (bicyclic) bond motifs is 1. The van der Waals surface area contributed by atoms with Crippen LogP contribution in [0.1, 0.15) is 24.8 Å². The number of aromatic nitrogens is 1. The van der Waals surface area contributed by atoms with Crippen LogP contribution in [-0.2, 0) is 16.1 Å². The highest BCUT2D eigenvalue weighted by Crippen LogP contribution is 2.49. The zero-order chi connectivity index (χ0) is 13.3. The molecule has 2 fully saturated rings. The van der Waals surface area contributed by atoms with E-state index in [0.29, 0.717) is 5.92 Å². The molecule has 0 bridgehead atoms. The molecule has 0 aromatic carbocycles. The average molecular weight is 260 g/mol. The van der Waals surface area contributed by atoms with Crippen LogP contribution in [0, 0.1) is 11.3 Å². The number of nitrogens with zero attached hydrogens (tertiary/aromatic N) is 2. The Kier molecular flexibility index (Phi) is 3.27. The van der Waals surface area contributed by atoms with Crippen LogP contribution in [0.25, 0.3) is 0 Å². The highest BCUT2D eigenvalue weighted by molar-refractivity contribution is 5.78. The molecule has 1 aromatic heterocycles. The molecule has 0 spiro atoms. The molecular weight excluding hydrogens is 240 g/mol. The van der Waals surface area contributed by atoms with Gasteiger partial charge in [-0.05, 0) is 36.5 Å². The predicted molar refractivity (Wildman–Crippen MR) is 71.3 cm³/mol. The van der Waals surface area contributed by atoms with E-state index in [1.807, 2.05) is 24.5 Å². The summed E-state index contributed by atoms with van der Waals surface area (Å²) in [6.45, 7) is 2.75. The van der Waals surface area contributed by atoms with Gasteiger partial charge in [0.15, 0.2) is 0 Å². The van der Waals surface area contributed by atoms with Crippen molar-refractivity contribution < 1.29 is 9.53 Å². The molecule has 102 valence electrons. The van der Waals surface area contributed by atoms with Gasteiger partial charge < -0.3 is 4.74 Å². The van der Waals surface area contributed by atoms with Gasteiger partial charge >= 0.3 is 5.97 Å². The van der Waals surface area contributed by atoms with Gasteiger partial charge in [0.05, 0.1) is 12.5 Å². The SMILES string of the molecule is COC(=O)C12CCCC1CN(Cc1ccncc1)C2. The van der Waals surface area contributed by atoms with Crippen molar-refractivity contribution in [1.82, 2.24) is 9.88 Å². The van der Waals surface area contributed by atoms with Crippen molar-refractivity contribution in [3.63, 3.8) is 0 Å². The highest BCUT2D eigenvalue weighted by Gasteiger charge is 2.55. The third-order valence-corrected chi connectivity index (χ3v) is 4.69. The van der Waals surface area contributed by atoms with Gasteiger partial charge in [0, 0.05) is 32.0 Å². The third kappa shape index (κ3) is 2.14. The molecule has 1 saturated heterocycles. The minimum Gasteiger partial charge on any atom is -0.469 e. The van der Waals surface area contributed by atoms with Gasteiger partial charge in [-0.2, -0.15) is 0 Å². The smallest absolute Gasteiger partial charge is 0.313 e. The van der Waals surface area contributed by atoms with Crippen molar-refractivity contribution in [2.24, 2.45) is 11.3 Å². The number of methoxy groups -OCH3 is 1. The molecule has 1 aromatic rings. The van der Waals surface area contributed by atoms with Gasteiger partial charge in [-0.15, -0.1) is 0 Å². The van der Waals surface area contributed by atoms with Gasteiger partial charge in [-0.3, -0.25) is 14.7 Å². The number of carbonyl (C=O) groups excluding carboxylic acids is 1. The summed E-state index contributed by atoms with van der Waals surface area (Å²) in [5.74, 6) is 0.467. The Bertz CT molecular complexity index is 462. The van der Waals surface area contributed by atoms with E-state index in [4.69, 9.17) is 4.74 Å². The maximum Gasteiger partial charge on any atom is 0.313 e. The molecule has 2 heterocycles. The molecule has 19 heavy (non-hydrogen) atoms. The van der Waals surface area contributed by atoms with Crippen LogP contribution >= 0.6 is 0 Å². The Labute approximate surface area is 113 Å². The van der Waals surface area contributed by atoms with Crippen LogP contribution in [0.5, 0.6) is 0 Å².